The molecule has 2 saturated heterocycles. The third kappa shape index (κ3) is 3.67. The fourth-order valence-electron chi connectivity index (χ4n) is 3.17. The topological polar surface area (TPSA) is 74.8 Å². The highest BCUT2D eigenvalue weighted by Crippen LogP contribution is 2.30. The summed E-state index contributed by atoms with van der Waals surface area (Å²) in [6.07, 6.45) is 1.54. The van der Waals surface area contributed by atoms with Crippen molar-refractivity contribution in [2.24, 2.45) is 5.92 Å². The summed E-state index contributed by atoms with van der Waals surface area (Å²) in [6.45, 7) is 1.01. The zero-order valence-electron chi connectivity index (χ0n) is 12.4. The van der Waals surface area contributed by atoms with Crippen LogP contribution in [0.5, 0.6) is 0 Å². The highest BCUT2D eigenvalue weighted by molar-refractivity contribution is 8.13. The molecule has 1 aromatic carbocycles. The number of hydrogen-bond acceptors (Lipinski definition) is 4. The van der Waals surface area contributed by atoms with Gasteiger partial charge in [-0.3, -0.25) is 9.59 Å². The molecule has 0 spiro atoms. The van der Waals surface area contributed by atoms with Crippen LogP contribution in [0.4, 0.5) is 11.4 Å². The van der Waals surface area contributed by atoms with Crippen molar-refractivity contribution in [2.75, 3.05) is 28.6 Å². The molecule has 0 radical (unpaired) electrons. The number of anilines is 2. The Labute approximate surface area is 139 Å². The monoisotopic (exact) mass is 356 g/mol. The SMILES string of the molecule is O=C1CCCN1c1cccc(N2CC(CS(=O)(=O)Cl)CC2=O)c1. The molecule has 2 amide bonds. The van der Waals surface area contributed by atoms with Crippen LogP contribution in [0.1, 0.15) is 19.3 Å². The van der Waals surface area contributed by atoms with Crippen LogP contribution in [0.25, 0.3) is 0 Å². The second-order valence-electron chi connectivity index (χ2n) is 5.95. The smallest absolute Gasteiger partial charge is 0.232 e. The summed E-state index contributed by atoms with van der Waals surface area (Å²) in [5, 5.41) is 0. The maximum Gasteiger partial charge on any atom is 0.232 e. The molecular weight excluding hydrogens is 340 g/mol. The Morgan fingerprint density at radius 3 is 2.43 bits per heavy atom. The Kier molecular flexibility index (Phi) is 4.33. The average molecular weight is 357 g/mol. The second kappa shape index (κ2) is 6.13. The van der Waals surface area contributed by atoms with Gasteiger partial charge in [0.05, 0.1) is 5.75 Å². The minimum Gasteiger partial charge on any atom is -0.312 e. The predicted octanol–water partition coefficient (Wildman–Crippen LogP) is 1.73. The first-order valence-corrected chi connectivity index (χ1v) is 9.94. The molecule has 2 aliphatic rings. The summed E-state index contributed by atoms with van der Waals surface area (Å²) in [6, 6.07) is 7.24. The van der Waals surface area contributed by atoms with E-state index in [1.54, 1.807) is 28.0 Å². The molecule has 124 valence electrons. The van der Waals surface area contributed by atoms with Crippen molar-refractivity contribution < 1.29 is 18.0 Å². The van der Waals surface area contributed by atoms with Gasteiger partial charge in [0.25, 0.3) is 0 Å². The number of halogens is 1. The van der Waals surface area contributed by atoms with Crippen molar-refractivity contribution in [2.45, 2.75) is 19.3 Å². The number of benzene rings is 1. The first kappa shape index (κ1) is 16.3. The molecule has 0 aliphatic carbocycles. The summed E-state index contributed by atoms with van der Waals surface area (Å²) in [5.41, 5.74) is 1.45. The molecule has 1 unspecified atom stereocenters. The first-order valence-electron chi connectivity index (χ1n) is 7.46. The number of amides is 2. The third-order valence-electron chi connectivity index (χ3n) is 4.17. The van der Waals surface area contributed by atoms with Gasteiger partial charge in [-0.05, 0) is 24.6 Å². The molecule has 23 heavy (non-hydrogen) atoms. The van der Waals surface area contributed by atoms with E-state index in [0.717, 1.165) is 12.1 Å². The zero-order valence-corrected chi connectivity index (χ0v) is 14.0. The fourth-order valence-corrected chi connectivity index (χ4v) is 4.50. The van der Waals surface area contributed by atoms with E-state index >= 15 is 0 Å². The van der Waals surface area contributed by atoms with Gasteiger partial charge in [0.1, 0.15) is 0 Å². The van der Waals surface area contributed by atoms with Crippen molar-refractivity contribution in [3.8, 4) is 0 Å². The predicted molar refractivity (Wildman–Crippen MR) is 88.1 cm³/mol. The van der Waals surface area contributed by atoms with Crippen molar-refractivity contribution >= 4 is 42.9 Å². The van der Waals surface area contributed by atoms with Crippen LogP contribution in [0.2, 0.25) is 0 Å². The maximum absolute atomic E-state index is 12.2. The van der Waals surface area contributed by atoms with Crippen LogP contribution in [0.15, 0.2) is 24.3 Å². The molecule has 0 N–H and O–H groups in total. The Morgan fingerprint density at radius 2 is 1.83 bits per heavy atom. The van der Waals surface area contributed by atoms with Crippen molar-refractivity contribution in [1.82, 2.24) is 0 Å². The highest BCUT2D eigenvalue weighted by Gasteiger charge is 2.33. The lowest BCUT2D eigenvalue weighted by Crippen LogP contribution is -2.27. The van der Waals surface area contributed by atoms with E-state index in [1.165, 1.54) is 0 Å². The molecule has 0 bridgehead atoms. The molecule has 1 atom stereocenters. The lowest BCUT2D eigenvalue weighted by molar-refractivity contribution is -0.117. The van der Waals surface area contributed by atoms with Gasteiger partial charge in [0, 0.05) is 53.9 Å². The molecule has 1 aromatic rings. The van der Waals surface area contributed by atoms with Crippen molar-refractivity contribution in [1.29, 1.82) is 0 Å². The van der Waals surface area contributed by atoms with Crippen LogP contribution >= 0.6 is 10.7 Å². The molecular formula is C15H17ClN2O4S. The minimum absolute atomic E-state index is 0.0843. The molecule has 2 aliphatic heterocycles. The normalized spacial score (nSPS) is 22.2. The molecule has 2 fully saturated rings. The van der Waals surface area contributed by atoms with Gasteiger partial charge in [-0.2, -0.15) is 0 Å². The summed E-state index contributed by atoms with van der Waals surface area (Å²) < 4.78 is 22.4. The van der Waals surface area contributed by atoms with E-state index in [0.29, 0.717) is 25.2 Å². The largest absolute Gasteiger partial charge is 0.312 e. The Balaban J connectivity index is 1.79. The van der Waals surface area contributed by atoms with Crippen molar-refractivity contribution in [3.05, 3.63) is 24.3 Å². The van der Waals surface area contributed by atoms with E-state index in [1.807, 2.05) is 6.07 Å². The Hall–Kier alpha value is -1.60. The molecule has 3 rings (SSSR count). The summed E-state index contributed by atoms with van der Waals surface area (Å²) in [7, 11) is 1.66. The van der Waals surface area contributed by atoms with Crippen LogP contribution in [0, 0.1) is 5.92 Å². The lowest BCUT2D eigenvalue weighted by Gasteiger charge is -2.21. The number of carbonyl (C=O) groups is 2. The zero-order chi connectivity index (χ0) is 16.6. The van der Waals surface area contributed by atoms with Crippen molar-refractivity contribution in [3.63, 3.8) is 0 Å². The quantitative estimate of drug-likeness (QED) is 0.770. The Morgan fingerprint density at radius 1 is 1.13 bits per heavy atom. The molecule has 8 heteroatoms. The van der Waals surface area contributed by atoms with E-state index in [-0.39, 0.29) is 29.9 Å². The van der Waals surface area contributed by atoms with Gasteiger partial charge in [-0.1, -0.05) is 6.07 Å². The number of nitrogens with zero attached hydrogens (tertiary/aromatic N) is 2. The van der Waals surface area contributed by atoms with Crippen LogP contribution < -0.4 is 9.80 Å². The number of hydrogen-bond donors (Lipinski definition) is 0. The molecule has 6 nitrogen and oxygen atoms in total. The van der Waals surface area contributed by atoms with Gasteiger partial charge >= 0.3 is 0 Å². The van der Waals surface area contributed by atoms with Crippen LogP contribution in [-0.2, 0) is 18.6 Å². The fraction of sp³-hybridized carbons (Fsp3) is 0.467. The summed E-state index contributed by atoms with van der Waals surface area (Å²) in [4.78, 5) is 27.3. The lowest BCUT2D eigenvalue weighted by atomic mass is 10.1. The average Bonchev–Trinajstić information content (AvgIpc) is 3.03. The van der Waals surface area contributed by atoms with Crippen LogP contribution in [0.3, 0.4) is 0 Å². The van der Waals surface area contributed by atoms with E-state index in [9.17, 15) is 18.0 Å². The highest BCUT2D eigenvalue weighted by atomic mass is 35.7. The van der Waals surface area contributed by atoms with Gasteiger partial charge in [-0.25, -0.2) is 8.42 Å². The van der Waals surface area contributed by atoms with E-state index in [4.69, 9.17) is 10.7 Å². The number of rotatable bonds is 4. The molecule has 0 aromatic heterocycles. The first-order chi connectivity index (χ1) is 10.8. The maximum atomic E-state index is 12.2. The second-order valence-corrected chi connectivity index (χ2v) is 8.77. The summed E-state index contributed by atoms with van der Waals surface area (Å²) in [5.74, 6) is -0.551. The van der Waals surface area contributed by atoms with E-state index < -0.39 is 9.05 Å². The van der Waals surface area contributed by atoms with Crippen LogP contribution in [-0.4, -0.2) is 39.1 Å². The number of carbonyl (C=O) groups excluding carboxylic acids is 2. The standard InChI is InChI=1S/C15H17ClN2O4S/c16-23(21,22)10-11-7-15(20)18(9-11)13-4-1-3-12(8-13)17-6-2-5-14(17)19/h1,3-4,8,11H,2,5-7,9-10H2. The van der Waals surface area contributed by atoms with Gasteiger partial charge in [0.2, 0.25) is 20.9 Å². The Bertz CT molecular complexity index is 750. The minimum atomic E-state index is -3.62. The van der Waals surface area contributed by atoms with Gasteiger partial charge in [-0.15, -0.1) is 0 Å². The summed E-state index contributed by atoms with van der Waals surface area (Å²) >= 11 is 0. The molecule has 0 saturated carbocycles. The molecule has 2 heterocycles. The van der Waals surface area contributed by atoms with Gasteiger partial charge < -0.3 is 9.80 Å². The third-order valence-corrected chi connectivity index (χ3v) is 5.41. The van der Waals surface area contributed by atoms with E-state index in [2.05, 4.69) is 0 Å². The van der Waals surface area contributed by atoms with Gasteiger partial charge in [0.15, 0.2) is 0 Å².